The van der Waals surface area contributed by atoms with Crippen LogP contribution >= 0.6 is 24.0 Å². The molecule has 0 N–H and O–H groups in total. The van der Waals surface area contributed by atoms with Crippen molar-refractivity contribution in [3.05, 3.63) is 0 Å². The molecule has 4 nitrogen and oxygen atoms in total. The topological polar surface area (TPSA) is 36.9 Å². The van der Waals surface area contributed by atoms with Crippen molar-refractivity contribution in [3.63, 3.8) is 0 Å². The van der Waals surface area contributed by atoms with Gasteiger partial charge in [0, 0.05) is 25.1 Å². The Labute approximate surface area is 104 Å². The Morgan fingerprint density at radius 3 is 1.80 bits per heavy atom. The fourth-order valence-electron chi connectivity index (χ4n) is 0.719. The molecule has 0 spiro atoms. The lowest BCUT2D eigenvalue weighted by Gasteiger charge is -2.15. The average molecular weight is 279 g/mol. The molecule has 0 rings (SSSR count). The summed E-state index contributed by atoms with van der Waals surface area (Å²) >= 11 is 5.61. The third-order valence-corrected chi connectivity index (χ3v) is 3.79. The Bertz CT molecular complexity index is 111. The lowest BCUT2D eigenvalue weighted by atomic mass is 10.9. The molecule has 0 aliphatic carbocycles. The maximum absolute atomic E-state index is 5.61. The van der Waals surface area contributed by atoms with E-state index in [1.807, 2.05) is 13.8 Å². The van der Waals surface area contributed by atoms with Crippen LogP contribution in [0.3, 0.4) is 0 Å². The van der Waals surface area contributed by atoms with Crippen LogP contribution in [-0.4, -0.2) is 42.0 Å². The van der Waals surface area contributed by atoms with Crippen molar-refractivity contribution in [2.24, 2.45) is 0 Å². The zero-order chi connectivity index (χ0) is 10.6. The SMILES string of the molecule is CCOCO[SiH](CCCl)OCOCC.Cl. The molecule has 15 heavy (non-hydrogen) atoms. The maximum Gasteiger partial charge on any atom is 0.326 e. The van der Waals surface area contributed by atoms with Crippen LogP contribution in [0.25, 0.3) is 0 Å². The minimum atomic E-state index is -1.68. The Kier molecular flexibility index (Phi) is 17.6. The Balaban J connectivity index is 0. The molecular formula is C8H20Cl2O4Si. The lowest BCUT2D eigenvalue weighted by molar-refractivity contribution is -0.0291. The molecule has 0 heterocycles. The van der Waals surface area contributed by atoms with Crippen LogP contribution in [0.1, 0.15) is 13.8 Å². The predicted octanol–water partition coefficient (Wildman–Crippen LogP) is 1.89. The second-order valence-corrected chi connectivity index (χ2v) is 4.94. The van der Waals surface area contributed by atoms with E-state index in [9.17, 15) is 0 Å². The molecule has 0 saturated heterocycles. The number of hydrogen-bond acceptors (Lipinski definition) is 4. The first-order valence-electron chi connectivity index (χ1n) is 4.79. The first kappa shape index (κ1) is 18.0. The van der Waals surface area contributed by atoms with Crippen LogP contribution in [-0.2, 0) is 18.3 Å². The molecule has 0 amide bonds. The zero-order valence-corrected chi connectivity index (χ0v) is 12.0. The first-order chi connectivity index (χ1) is 6.85. The highest BCUT2D eigenvalue weighted by Gasteiger charge is 2.12. The van der Waals surface area contributed by atoms with E-state index in [4.69, 9.17) is 29.9 Å². The van der Waals surface area contributed by atoms with Gasteiger partial charge in [-0.25, -0.2) is 0 Å². The summed E-state index contributed by atoms with van der Waals surface area (Å²) in [6.07, 6.45) is 0. The predicted molar refractivity (Wildman–Crippen MR) is 65.1 cm³/mol. The van der Waals surface area contributed by atoms with Crippen molar-refractivity contribution in [2.45, 2.75) is 19.9 Å². The van der Waals surface area contributed by atoms with E-state index in [1.54, 1.807) is 0 Å². The molecule has 0 saturated carbocycles. The summed E-state index contributed by atoms with van der Waals surface area (Å²) in [4.78, 5) is 0. The van der Waals surface area contributed by atoms with E-state index in [2.05, 4.69) is 0 Å². The van der Waals surface area contributed by atoms with Crippen molar-refractivity contribution in [3.8, 4) is 0 Å². The molecule has 0 unspecified atom stereocenters. The van der Waals surface area contributed by atoms with Crippen molar-refractivity contribution in [2.75, 3.05) is 32.7 Å². The lowest BCUT2D eigenvalue weighted by Crippen LogP contribution is -2.26. The molecule has 0 atom stereocenters. The highest BCUT2D eigenvalue weighted by molar-refractivity contribution is 6.46. The molecule has 0 bridgehead atoms. The van der Waals surface area contributed by atoms with Gasteiger partial charge in [-0.3, -0.25) is 0 Å². The van der Waals surface area contributed by atoms with Crippen LogP contribution in [0.5, 0.6) is 0 Å². The highest BCUT2D eigenvalue weighted by Crippen LogP contribution is 2.00. The second kappa shape index (κ2) is 14.6. The summed E-state index contributed by atoms with van der Waals surface area (Å²) in [6.45, 7) is 5.71. The average Bonchev–Trinajstić information content (AvgIpc) is 2.18. The van der Waals surface area contributed by atoms with E-state index in [-0.39, 0.29) is 26.0 Å². The van der Waals surface area contributed by atoms with Gasteiger partial charge in [-0.2, -0.15) is 0 Å². The largest absolute Gasteiger partial charge is 0.372 e. The normalized spacial score (nSPS) is 10.4. The summed E-state index contributed by atoms with van der Waals surface area (Å²) in [5.74, 6) is 0.551. The van der Waals surface area contributed by atoms with Crippen LogP contribution in [0.15, 0.2) is 0 Å². The summed E-state index contributed by atoms with van der Waals surface area (Å²) < 4.78 is 20.9. The first-order valence-corrected chi connectivity index (χ1v) is 7.09. The molecule has 0 aromatic heterocycles. The third kappa shape index (κ3) is 12.6. The standard InChI is InChI=1S/C8H19ClO4Si.ClH/c1-3-10-7-12-14(6-5-9)13-8-11-4-2;/h14H,3-8H2,1-2H3;1H. The van der Waals surface area contributed by atoms with Gasteiger partial charge < -0.3 is 18.3 Å². The molecule has 0 fully saturated rings. The van der Waals surface area contributed by atoms with E-state index in [0.717, 1.165) is 6.04 Å². The van der Waals surface area contributed by atoms with Gasteiger partial charge in [0.1, 0.15) is 13.6 Å². The maximum atomic E-state index is 5.61. The zero-order valence-electron chi connectivity index (χ0n) is 9.24. The molecule has 0 aromatic carbocycles. The fourth-order valence-corrected chi connectivity index (χ4v) is 2.36. The van der Waals surface area contributed by atoms with E-state index < -0.39 is 9.28 Å². The van der Waals surface area contributed by atoms with E-state index >= 15 is 0 Å². The van der Waals surface area contributed by atoms with Crippen molar-refractivity contribution < 1.29 is 18.3 Å². The quantitative estimate of drug-likeness (QED) is 0.265. The summed E-state index contributed by atoms with van der Waals surface area (Å²) in [7, 11) is -1.68. The van der Waals surface area contributed by atoms with Gasteiger partial charge in [0.25, 0.3) is 0 Å². The highest BCUT2D eigenvalue weighted by atomic mass is 35.5. The van der Waals surface area contributed by atoms with Gasteiger partial charge in [0.15, 0.2) is 0 Å². The van der Waals surface area contributed by atoms with Crippen molar-refractivity contribution in [1.29, 1.82) is 0 Å². The monoisotopic (exact) mass is 278 g/mol. The molecular weight excluding hydrogens is 259 g/mol. The Hall–Kier alpha value is 0.637. The van der Waals surface area contributed by atoms with Crippen LogP contribution in [0.2, 0.25) is 6.04 Å². The van der Waals surface area contributed by atoms with Gasteiger partial charge in [-0.05, 0) is 13.8 Å². The van der Waals surface area contributed by atoms with Gasteiger partial charge in [0.2, 0.25) is 0 Å². The number of alkyl halides is 1. The Morgan fingerprint density at radius 2 is 1.47 bits per heavy atom. The number of halogens is 2. The molecule has 0 aliphatic rings. The molecule has 94 valence electrons. The minimum Gasteiger partial charge on any atom is -0.372 e. The summed E-state index contributed by atoms with van der Waals surface area (Å²) in [5.41, 5.74) is 0. The van der Waals surface area contributed by atoms with Gasteiger partial charge in [-0.15, -0.1) is 24.0 Å². The minimum absolute atomic E-state index is 0. The smallest absolute Gasteiger partial charge is 0.326 e. The number of hydrogen-bond donors (Lipinski definition) is 0. The van der Waals surface area contributed by atoms with Crippen LogP contribution in [0.4, 0.5) is 0 Å². The molecule has 0 aromatic rings. The number of ether oxygens (including phenoxy) is 2. The fraction of sp³-hybridized carbons (Fsp3) is 1.00. The molecule has 7 heteroatoms. The van der Waals surface area contributed by atoms with E-state index in [1.165, 1.54) is 0 Å². The van der Waals surface area contributed by atoms with Gasteiger partial charge in [0.05, 0.1) is 0 Å². The third-order valence-electron chi connectivity index (χ3n) is 1.43. The van der Waals surface area contributed by atoms with Crippen LogP contribution < -0.4 is 0 Å². The number of rotatable bonds is 10. The second-order valence-electron chi connectivity index (χ2n) is 2.46. The van der Waals surface area contributed by atoms with E-state index in [0.29, 0.717) is 19.1 Å². The van der Waals surface area contributed by atoms with Crippen molar-refractivity contribution >= 4 is 33.3 Å². The summed E-state index contributed by atoms with van der Waals surface area (Å²) in [6, 6.07) is 0.766. The molecule has 0 aliphatic heterocycles. The van der Waals surface area contributed by atoms with Gasteiger partial charge in [-0.1, -0.05) is 0 Å². The summed E-state index contributed by atoms with van der Waals surface area (Å²) in [5, 5.41) is 0. The van der Waals surface area contributed by atoms with Crippen LogP contribution in [0, 0.1) is 0 Å². The Morgan fingerprint density at radius 1 is 1.00 bits per heavy atom. The van der Waals surface area contributed by atoms with Gasteiger partial charge >= 0.3 is 9.28 Å². The molecule has 0 radical (unpaired) electrons. The van der Waals surface area contributed by atoms with Crippen molar-refractivity contribution in [1.82, 2.24) is 0 Å².